The Balaban J connectivity index is 2.17. The third-order valence-corrected chi connectivity index (χ3v) is 4.77. The topological polar surface area (TPSA) is 47.6 Å². The molecule has 0 heterocycles. The lowest BCUT2D eigenvalue weighted by atomic mass is 10.1. The zero-order valence-corrected chi connectivity index (χ0v) is 15.3. The summed E-state index contributed by atoms with van der Waals surface area (Å²) in [5, 5.41) is 2.84. The van der Waals surface area contributed by atoms with Gasteiger partial charge in [0.1, 0.15) is 11.4 Å². The van der Waals surface area contributed by atoms with Gasteiger partial charge in [-0.2, -0.15) is 0 Å². The van der Waals surface area contributed by atoms with Crippen LogP contribution in [0, 0.1) is 0 Å². The van der Waals surface area contributed by atoms with Crippen LogP contribution in [0.25, 0.3) is 0 Å². The Morgan fingerprint density at radius 1 is 1.08 bits per heavy atom. The average molecular weight is 345 g/mol. The van der Waals surface area contributed by atoms with Gasteiger partial charge in [0, 0.05) is 4.90 Å². The summed E-state index contributed by atoms with van der Waals surface area (Å²) in [4.78, 5) is 14.1. The summed E-state index contributed by atoms with van der Waals surface area (Å²) >= 11 is 1.54. The molecule has 0 aliphatic rings. The molecule has 0 unspecified atom stereocenters. The van der Waals surface area contributed by atoms with Crippen molar-refractivity contribution >= 4 is 23.5 Å². The Kier molecular flexibility index (Phi) is 6.15. The van der Waals surface area contributed by atoms with Gasteiger partial charge in [-0.3, -0.25) is 5.32 Å². The second kappa shape index (κ2) is 8.11. The van der Waals surface area contributed by atoms with Gasteiger partial charge in [-0.05, 0) is 44.5 Å². The maximum atomic E-state index is 12.1. The van der Waals surface area contributed by atoms with Crippen LogP contribution in [0.4, 0.5) is 10.5 Å². The molecule has 5 heteroatoms. The molecule has 1 amide bonds. The van der Waals surface area contributed by atoms with Crippen molar-refractivity contribution in [2.24, 2.45) is 0 Å². The maximum absolute atomic E-state index is 12.1. The monoisotopic (exact) mass is 345 g/mol. The van der Waals surface area contributed by atoms with Gasteiger partial charge < -0.3 is 9.47 Å². The Labute approximate surface area is 147 Å². The molecule has 0 radical (unpaired) electrons. The molecule has 0 atom stereocenters. The number of rotatable bonds is 6. The lowest BCUT2D eigenvalue weighted by Gasteiger charge is -2.23. The number of methoxy groups -OCH3 is 1. The van der Waals surface area contributed by atoms with Crippen molar-refractivity contribution < 1.29 is 14.3 Å². The SMILES string of the molecule is CCC(C)(C)OC(=O)Nc1ccccc1Sc1ccccc1OC. The molecule has 128 valence electrons. The molecule has 0 aliphatic carbocycles. The van der Waals surface area contributed by atoms with E-state index in [9.17, 15) is 4.79 Å². The number of ether oxygens (including phenoxy) is 2. The molecular weight excluding hydrogens is 322 g/mol. The van der Waals surface area contributed by atoms with Crippen LogP contribution in [-0.2, 0) is 4.74 Å². The number of para-hydroxylation sites is 2. The predicted molar refractivity (Wildman–Crippen MR) is 98.0 cm³/mol. The molecule has 0 aliphatic heterocycles. The first-order valence-electron chi connectivity index (χ1n) is 7.85. The third kappa shape index (κ3) is 4.93. The Morgan fingerprint density at radius 3 is 2.38 bits per heavy atom. The minimum Gasteiger partial charge on any atom is -0.496 e. The van der Waals surface area contributed by atoms with Gasteiger partial charge in [0.15, 0.2) is 0 Å². The van der Waals surface area contributed by atoms with Gasteiger partial charge in [-0.15, -0.1) is 0 Å². The molecule has 2 rings (SSSR count). The summed E-state index contributed by atoms with van der Waals surface area (Å²) in [5.41, 5.74) is 0.222. The molecule has 0 bridgehead atoms. The zero-order valence-electron chi connectivity index (χ0n) is 14.5. The first-order valence-corrected chi connectivity index (χ1v) is 8.66. The minimum absolute atomic E-state index is 0.449. The summed E-state index contributed by atoms with van der Waals surface area (Å²) < 4.78 is 10.8. The van der Waals surface area contributed by atoms with Crippen LogP contribution in [0.15, 0.2) is 58.3 Å². The fraction of sp³-hybridized carbons (Fsp3) is 0.316. The van der Waals surface area contributed by atoms with Crippen molar-refractivity contribution in [1.29, 1.82) is 0 Å². The second-order valence-corrected chi connectivity index (χ2v) is 6.96. The van der Waals surface area contributed by atoms with E-state index in [1.165, 1.54) is 11.8 Å². The average Bonchev–Trinajstić information content (AvgIpc) is 2.56. The van der Waals surface area contributed by atoms with Gasteiger partial charge in [0.05, 0.1) is 17.7 Å². The fourth-order valence-electron chi connectivity index (χ4n) is 1.94. The van der Waals surface area contributed by atoms with Crippen molar-refractivity contribution in [1.82, 2.24) is 0 Å². The summed E-state index contributed by atoms with van der Waals surface area (Å²) in [6.45, 7) is 5.77. The van der Waals surface area contributed by atoms with E-state index < -0.39 is 11.7 Å². The highest BCUT2D eigenvalue weighted by Gasteiger charge is 2.21. The lowest BCUT2D eigenvalue weighted by molar-refractivity contribution is 0.0461. The van der Waals surface area contributed by atoms with Crippen molar-refractivity contribution in [3.8, 4) is 5.75 Å². The van der Waals surface area contributed by atoms with E-state index >= 15 is 0 Å². The summed E-state index contributed by atoms with van der Waals surface area (Å²) in [7, 11) is 1.65. The van der Waals surface area contributed by atoms with E-state index in [-0.39, 0.29) is 0 Å². The van der Waals surface area contributed by atoms with E-state index in [2.05, 4.69) is 5.32 Å². The first-order chi connectivity index (χ1) is 11.4. The molecule has 2 aromatic rings. The number of carbonyl (C=O) groups is 1. The predicted octanol–water partition coefficient (Wildman–Crippen LogP) is 5.58. The highest BCUT2D eigenvalue weighted by atomic mass is 32.2. The van der Waals surface area contributed by atoms with Gasteiger partial charge in [-0.1, -0.05) is 43.0 Å². The zero-order chi connectivity index (χ0) is 17.6. The van der Waals surface area contributed by atoms with E-state index in [1.54, 1.807) is 7.11 Å². The smallest absolute Gasteiger partial charge is 0.412 e. The molecule has 0 saturated carbocycles. The highest BCUT2D eigenvalue weighted by Crippen LogP contribution is 2.38. The molecule has 0 fully saturated rings. The number of amides is 1. The van der Waals surface area contributed by atoms with E-state index in [1.807, 2.05) is 69.3 Å². The van der Waals surface area contributed by atoms with E-state index in [4.69, 9.17) is 9.47 Å². The first kappa shape index (κ1) is 18.2. The molecule has 0 spiro atoms. The summed E-state index contributed by atoms with van der Waals surface area (Å²) in [6, 6.07) is 15.4. The van der Waals surface area contributed by atoms with Crippen LogP contribution < -0.4 is 10.1 Å². The van der Waals surface area contributed by atoms with Crippen LogP contribution in [0.3, 0.4) is 0 Å². The van der Waals surface area contributed by atoms with Crippen LogP contribution in [0.5, 0.6) is 5.75 Å². The molecular formula is C19H23NO3S. The summed E-state index contributed by atoms with van der Waals surface area (Å²) in [5.74, 6) is 0.798. The fourth-order valence-corrected chi connectivity index (χ4v) is 2.95. The number of carbonyl (C=O) groups excluding carboxylic acids is 1. The van der Waals surface area contributed by atoms with E-state index in [0.29, 0.717) is 5.69 Å². The van der Waals surface area contributed by atoms with Gasteiger partial charge in [0.25, 0.3) is 0 Å². The normalized spacial score (nSPS) is 11.0. The standard InChI is InChI=1S/C19H23NO3S/c1-5-19(2,3)23-18(21)20-14-10-6-8-12-16(14)24-17-13-9-7-11-15(17)22-4/h6-13H,5H2,1-4H3,(H,20,21). The minimum atomic E-state index is -0.491. The van der Waals surface area contributed by atoms with Gasteiger partial charge >= 0.3 is 6.09 Å². The highest BCUT2D eigenvalue weighted by molar-refractivity contribution is 7.99. The number of hydrogen-bond donors (Lipinski definition) is 1. The molecule has 0 saturated heterocycles. The number of hydrogen-bond acceptors (Lipinski definition) is 4. The quantitative estimate of drug-likeness (QED) is 0.742. The van der Waals surface area contributed by atoms with Crippen molar-refractivity contribution in [3.63, 3.8) is 0 Å². The van der Waals surface area contributed by atoms with E-state index in [0.717, 1.165) is 22.0 Å². The molecule has 4 nitrogen and oxygen atoms in total. The molecule has 0 aromatic heterocycles. The molecule has 2 aromatic carbocycles. The number of nitrogens with one attached hydrogen (secondary N) is 1. The Hall–Kier alpha value is -2.14. The third-order valence-electron chi connectivity index (χ3n) is 3.63. The van der Waals surface area contributed by atoms with Crippen LogP contribution in [0.2, 0.25) is 0 Å². The second-order valence-electron chi connectivity index (χ2n) is 5.88. The Bertz CT molecular complexity index is 701. The van der Waals surface area contributed by atoms with Crippen molar-refractivity contribution in [3.05, 3.63) is 48.5 Å². The molecule has 24 heavy (non-hydrogen) atoms. The molecule has 1 N–H and O–H groups in total. The van der Waals surface area contributed by atoms with Crippen LogP contribution >= 0.6 is 11.8 Å². The largest absolute Gasteiger partial charge is 0.496 e. The lowest BCUT2D eigenvalue weighted by Crippen LogP contribution is -2.29. The Morgan fingerprint density at radius 2 is 1.71 bits per heavy atom. The van der Waals surface area contributed by atoms with Crippen LogP contribution in [0.1, 0.15) is 27.2 Å². The van der Waals surface area contributed by atoms with Crippen molar-refractivity contribution in [2.75, 3.05) is 12.4 Å². The maximum Gasteiger partial charge on any atom is 0.412 e. The number of benzene rings is 2. The summed E-state index contributed by atoms with van der Waals surface area (Å²) in [6.07, 6.45) is 0.299. The van der Waals surface area contributed by atoms with Gasteiger partial charge in [-0.25, -0.2) is 4.79 Å². The number of anilines is 1. The van der Waals surface area contributed by atoms with Crippen molar-refractivity contribution in [2.45, 2.75) is 42.6 Å². The van der Waals surface area contributed by atoms with Gasteiger partial charge in [0.2, 0.25) is 0 Å². The van der Waals surface area contributed by atoms with Crippen LogP contribution in [-0.4, -0.2) is 18.8 Å².